The molecule has 3 aromatic heterocycles. The number of aromatic nitrogens is 5. The third kappa shape index (κ3) is 4.63. The minimum Gasteiger partial charge on any atom is -0.393 e. The molecular weight excluding hydrogens is 464 g/mol. The molecule has 1 atom stereocenters. The number of piperidine rings is 1. The van der Waals surface area contributed by atoms with Crippen molar-refractivity contribution in [3.8, 4) is 11.4 Å². The van der Waals surface area contributed by atoms with Crippen molar-refractivity contribution in [2.45, 2.75) is 35.5 Å². The standard InChI is InChI=1S/C24H28N8O2S/c25-24-27-13-16(14-28-24)22-29-18-11-19(35-21(18)23(30-22)32-7-9-34-10-8-32)15-1-2-20(26-12-15)31-5-3-17(33)4-6-31/h1-2,12-14,17,19,33H,3-11H2,(H2,25,27,28). The second-order valence-electron chi connectivity index (χ2n) is 9.05. The molecule has 182 valence electrons. The van der Waals surface area contributed by atoms with Crippen molar-refractivity contribution in [2.24, 2.45) is 0 Å². The number of thioether (sulfide) groups is 1. The predicted molar refractivity (Wildman–Crippen MR) is 134 cm³/mol. The van der Waals surface area contributed by atoms with Gasteiger partial charge in [0.1, 0.15) is 11.6 Å². The Morgan fingerprint density at radius 2 is 1.71 bits per heavy atom. The van der Waals surface area contributed by atoms with E-state index in [0.29, 0.717) is 19.0 Å². The number of anilines is 3. The summed E-state index contributed by atoms with van der Waals surface area (Å²) in [6.45, 7) is 4.65. The molecule has 2 saturated heterocycles. The predicted octanol–water partition coefficient (Wildman–Crippen LogP) is 2.10. The Kier molecular flexibility index (Phi) is 6.13. The van der Waals surface area contributed by atoms with Gasteiger partial charge in [0.2, 0.25) is 5.95 Å². The van der Waals surface area contributed by atoms with Crippen LogP contribution in [0.3, 0.4) is 0 Å². The summed E-state index contributed by atoms with van der Waals surface area (Å²) in [5, 5.41) is 10.0. The van der Waals surface area contributed by atoms with Crippen molar-refractivity contribution in [3.63, 3.8) is 0 Å². The van der Waals surface area contributed by atoms with Gasteiger partial charge in [0.15, 0.2) is 5.82 Å². The van der Waals surface area contributed by atoms with Crippen molar-refractivity contribution >= 4 is 29.3 Å². The van der Waals surface area contributed by atoms with Crippen molar-refractivity contribution in [2.75, 3.05) is 54.9 Å². The minimum atomic E-state index is -0.189. The Bertz CT molecular complexity index is 1180. The molecule has 0 saturated carbocycles. The number of nitrogens with zero attached hydrogens (tertiary/aromatic N) is 7. The number of rotatable bonds is 4. The van der Waals surface area contributed by atoms with Crippen molar-refractivity contribution in [1.82, 2.24) is 24.9 Å². The van der Waals surface area contributed by atoms with Crippen LogP contribution in [-0.2, 0) is 11.2 Å². The van der Waals surface area contributed by atoms with Gasteiger partial charge in [-0.05, 0) is 24.5 Å². The van der Waals surface area contributed by atoms with Gasteiger partial charge < -0.3 is 25.4 Å². The maximum Gasteiger partial charge on any atom is 0.219 e. The molecule has 35 heavy (non-hydrogen) atoms. The van der Waals surface area contributed by atoms with E-state index in [4.69, 9.17) is 25.4 Å². The second-order valence-corrected chi connectivity index (χ2v) is 10.3. The zero-order valence-corrected chi connectivity index (χ0v) is 20.2. The highest BCUT2D eigenvalue weighted by molar-refractivity contribution is 8.00. The highest BCUT2D eigenvalue weighted by Gasteiger charge is 2.32. The van der Waals surface area contributed by atoms with Gasteiger partial charge in [0, 0.05) is 56.4 Å². The Hall–Kier alpha value is -3.02. The third-order valence-corrected chi connectivity index (χ3v) is 8.11. The summed E-state index contributed by atoms with van der Waals surface area (Å²) in [5.41, 5.74) is 8.65. The van der Waals surface area contributed by atoms with Crippen LogP contribution in [0.15, 0.2) is 35.6 Å². The van der Waals surface area contributed by atoms with Gasteiger partial charge in [0.05, 0.1) is 35.5 Å². The van der Waals surface area contributed by atoms with Crippen molar-refractivity contribution < 1.29 is 9.84 Å². The van der Waals surface area contributed by atoms with Crippen LogP contribution >= 0.6 is 11.8 Å². The first kappa shape index (κ1) is 22.4. The van der Waals surface area contributed by atoms with E-state index in [1.807, 2.05) is 18.0 Å². The van der Waals surface area contributed by atoms with E-state index in [9.17, 15) is 5.11 Å². The molecule has 2 fully saturated rings. The van der Waals surface area contributed by atoms with E-state index >= 15 is 0 Å². The summed E-state index contributed by atoms with van der Waals surface area (Å²) in [5.74, 6) is 2.78. The molecule has 0 bridgehead atoms. The molecule has 0 spiro atoms. The van der Waals surface area contributed by atoms with Crippen LogP contribution in [-0.4, -0.2) is 75.5 Å². The Labute approximate surface area is 208 Å². The smallest absolute Gasteiger partial charge is 0.219 e. The molecule has 1 unspecified atom stereocenters. The topological polar surface area (TPSA) is 126 Å². The first-order chi connectivity index (χ1) is 17.1. The van der Waals surface area contributed by atoms with E-state index in [1.165, 1.54) is 5.56 Å². The van der Waals surface area contributed by atoms with Gasteiger partial charge in [-0.25, -0.2) is 24.9 Å². The van der Waals surface area contributed by atoms with E-state index in [-0.39, 0.29) is 17.3 Å². The lowest BCUT2D eigenvalue weighted by molar-refractivity contribution is 0.122. The summed E-state index contributed by atoms with van der Waals surface area (Å²) in [7, 11) is 0. The van der Waals surface area contributed by atoms with Gasteiger partial charge in [-0.2, -0.15) is 0 Å². The maximum atomic E-state index is 9.78. The average Bonchev–Trinajstić information content (AvgIpc) is 3.34. The lowest BCUT2D eigenvalue weighted by atomic mass is 10.1. The minimum absolute atomic E-state index is 0.189. The lowest BCUT2D eigenvalue weighted by Gasteiger charge is -2.30. The molecule has 3 N–H and O–H groups in total. The number of aliphatic hydroxyl groups is 1. The van der Waals surface area contributed by atoms with Crippen LogP contribution in [0, 0.1) is 0 Å². The lowest BCUT2D eigenvalue weighted by Crippen LogP contribution is -2.37. The molecule has 0 aliphatic carbocycles. The number of nitrogen functional groups attached to an aromatic ring is 1. The maximum absolute atomic E-state index is 9.78. The Morgan fingerprint density at radius 1 is 0.943 bits per heavy atom. The van der Waals surface area contributed by atoms with Gasteiger partial charge in [-0.3, -0.25) is 0 Å². The number of aliphatic hydroxyl groups excluding tert-OH is 1. The quantitative estimate of drug-likeness (QED) is 0.556. The fourth-order valence-electron chi connectivity index (χ4n) is 4.73. The molecule has 0 amide bonds. The van der Waals surface area contributed by atoms with Crippen LogP contribution in [0.25, 0.3) is 11.4 Å². The van der Waals surface area contributed by atoms with Gasteiger partial charge in [0.25, 0.3) is 0 Å². The van der Waals surface area contributed by atoms with E-state index < -0.39 is 0 Å². The monoisotopic (exact) mass is 492 g/mol. The number of nitrogens with two attached hydrogens (primary N) is 1. The van der Waals surface area contributed by atoms with Crippen LogP contribution in [0.2, 0.25) is 0 Å². The largest absolute Gasteiger partial charge is 0.393 e. The highest BCUT2D eigenvalue weighted by Crippen LogP contribution is 2.49. The van der Waals surface area contributed by atoms with Crippen LogP contribution < -0.4 is 15.5 Å². The molecule has 10 nitrogen and oxygen atoms in total. The number of pyridine rings is 1. The second kappa shape index (κ2) is 9.56. The third-order valence-electron chi connectivity index (χ3n) is 6.73. The summed E-state index contributed by atoms with van der Waals surface area (Å²) >= 11 is 1.81. The number of hydrogen-bond donors (Lipinski definition) is 2. The van der Waals surface area contributed by atoms with Gasteiger partial charge >= 0.3 is 0 Å². The summed E-state index contributed by atoms with van der Waals surface area (Å²) in [6, 6.07) is 4.27. The SMILES string of the molecule is Nc1ncc(-c2nc3c(c(N4CCOCC4)n2)SC(c2ccc(N4CCC(O)CC4)nc2)C3)cn1. The molecule has 0 radical (unpaired) electrons. The van der Waals surface area contributed by atoms with Crippen LogP contribution in [0.5, 0.6) is 0 Å². The normalized spacial score (nSPS) is 20.8. The molecule has 11 heteroatoms. The Morgan fingerprint density at radius 3 is 2.43 bits per heavy atom. The number of fused-ring (bicyclic) bond motifs is 1. The molecule has 3 aliphatic heterocycles. The zero-order valence-electron chi connectivity index (χ0n) is 19.4. The van der Waals surface area contributed by atoms with Crippen LogP contribution in [0.4, 0.5) is 17.6 Å². The summed E-state index contributed by atoms with van der Waals surface area (Å²) < 4.78 is 5.57. The fraction of sp³-hybridized carbons (Fsp3) is 0.458. The molecule has 6 rings (SSSR count). The molecule has 0 aromatic carbocycles. The first-order valence-electron chi connectivity index (χ1n) is 12.0. The van der Waals surface area contributed by atoms with Gasteiger partial charge in [-0.15, -0.1) is 11.8 Å². The summed E-state index contributed by atoms with van der Waals surface area (Å²) in [4.78, 5) is 28.5. The number of morpholine rings is 1. The van der Waals surface area contributed by atoms with E-state index in [0.717, 1.165) is 73.2 Å². The summed E-state index contributed by atoms with van der Waals surface area (Å²) in [6.07, 6.45) is 7.54. The molecule has 6 heterocycles. The first-order valence-corrected chi connectivity index (χ1v) is 12.9. The van der Waals surface area contributed by atoms with Crippen molar-refractivity contribution in [1.29, 1.82) is 0 Å². The van der Waals surface area contributed by atoms with Gasteiger partial charge in [-0.1, -0.05) is 6.07 Å². The molecular formula is C24H28N8O2S. The van der Waals surface area contributed by atoms with E-state index in [1.54, 1.807) is 12.4 Å². The van der Waals surface area contributed by atoms with Crippen molar-refractivity contribution in [3.05, 3.63) is 42.0 Å². The number of ether oxygens (including phenoxy) is 1. The zero-order chi connectivity index (χ0) is 23.8. The average molecular weight is 493 g/mol. The van der Waals surface area contributed by atoms with E-state index in [2.05, 4.69) is 31.9 Å². The number of hydrogen-bond acceptors (Lipinski definition) is 11. The molecule has 3 aromatic rings. The molecule has 3 aliphatic rings. The fourth-order valence-corrected chi connectivity index (χ4v) is 6.08. The highest BCUT2D eigenvalue weighted by atomic mass is 32.2. The Balaban J connectivity index is 1.28. The van der Waals surface area contributed by atoms with Crippen LogP contribution in [0.1, 0.15) is 29.3 Å².